The molecule has 0 unspecified atom stereocenters. The van der Waals surface area contributed by atoms with Gasteiger partial charge in [0.05, 0.1) is 0 Å². The van der Waals surface area contributed by atoms with E-state index in [-0.39, 0.29) is 23.8 Å². The molecule has 0 aliphatic rings. The summed E-state index contributed by atoms with van der Waals surface area (Å²) >= 11 is 0. The maximum absolute atomic E-state index is 12.4. The molecule has 0 atom stereocenters. The van der Waals surface area contributed by atoms with Crippen LogP contribution in [-0.4, -0.2) is 38.9 Å². The van der Waals surface area contributed by atoms with Crippen molar-refractivity contribution in [3.8, 4) is 11.3 Å². The second-order valence-electron chi connectivity index (χ2n) is 7.43. The quantitative estimate of drug-likeness (QED) is 0.416. The zero-order valence-electron chi connectivity index (χ0n) is 17.9. The van der Waals surface area contributed by atoms with Gasteiger partial charge in [0.2, 0.25) is 0 Å². The third kappa shape index (κ3) is 5.03. The molecule has 0 bridgehead atoms. The van der Waals surface area contributed by atoms with Gasteiger partial charge in [-0.2, -0.15) is 0 Å². The fraction of sp³-hybridized carbons (Fsp3) is 0.261. The zero-order valence-corrected chi connectivity index (χ0v) is 17.9. The number of Topliss-reactive ketones (excluding diaryl/α,β-unsaturated/α-hetero) is 1. The first-order valence-corrected chi connectivity index (χ1v) is 10.1. The number of nitrogens with one attached hydrogen (secondary N) is 3. The van der Waals surface area contributed by atoms with Gasteiger partial charge in [-0.3, -0.25) is 20.0 Å². The van der Waals surface area contributed by atoms with Crippen molar-refractivity contribution in [2.75, 3.05) is 6.54 Å². The van der Waals surface area contributed by atoms with Crippen molar-refractivity contribution >= 4 is 28.4 Å². The first kappa shape index (κ1) is 21.9. The third-order valence-electron chi connectivity index (χ3n) is 4.98. The van der Waals surface area contributed by atoms with Crippen molar-refractivity contribution in [2.45, 2.75) is 33.6 Å². The van der Waals surface area contributed by atoms with Gasteiger partial charge >= 0.3 is 0 Å². The van der Waals surface area contributed by atoms with Crippen LogP contribution in [0.15, 0.2) is 47.9 Å². The predicted molar refractivity (Wildman–Crippen MR) is 121 cm³/mol. The number of rotatable bonds is 8. The van der Waals surface area contributed by atoms with Crippen LogP contribution >= 0.6 is 0 Å². The summed E-state index contributed by atoms with van der Waals surface area (Å²) in [5.74, 6) is -0.519. The van der Waals surface area contributed by atoms with Gasteiger partial charge in [0, 0.05) is 47.7 Å². The summed E-state index contributed by atoms with van der Waals surface area (Å²) in [4.78, 5) is 36.4. The Kier molecular flexibility index (Phi) is 6.59. The van der Waals surface area contributed by atoms with E-state index in [9.17, 15) is 9.59 Å². The summed E-state index contributed by atoms with van der Waals surface area (Å²) in [7, 11) is 0. The second-order valence-corrected chi connectivity index (χ2v) is 7.43. The van der Waals surface area contributed by atoms with Crippen LogP contribution < -0.4 is 11.1 Å². The number of H-pyrrole nitrogens is 1. The van der Waals surface area contributed by atoms with E-state index < -0.39 is 0 Å². The lowest BCUT2D eigenvalue weighted by molar-refractivity contribution is -0.112. The van der Waals surface area contributed by atoms with Gasteiger partial charge in [0.1, 0.15) is 17.1 Å². The minimum atomic E-state index is -0.309. The topological polar surface area (TPSA) is 138 Å². The second kappa shape index (κ2) is 9.34. The number of nitrogens with two attached hydrogens (primary N) is 1. The van der Waals surface area contributed by atoms with Gasteiger partial charge in [0.15, 0.2) is 5.78 Å². The first-order valence-electron chi connectivity index (χ1n) is 10.1. The van der Waals surface area contributed by atoms with Crippen LogP contribution in [0.4, 0.5) is 0 Å². The molecule has 1 amide bonds. The highest BCUT2D eigenvalue weighted by Gasteiger charge is 2.15. The molecule has 3 aromatic rings. The van der Waals surface area contributed by atoms with E-state index in [2.05, 4.69) is 20.3 Å². The number of aromatic amines is 1. The number of amides is 1. The number of nitrogens with zero attached hydrogens (tertiary/aromatic N) is 2. The molecule has 0 radical (unpaired) electrons. The van der Waals surface area contributed by atoms with Gasteiger partial charge in [-0.05, 0) is 55.7 Å². The Bertz CT molecular complexity index is 1190. The molecule has 8 nitrogen and oxygen atoms in total. The highest BCUT2D eigenvalue weighted by Crippen LogP contribution is 2.24. The molecule has 160 valence electrons. The molecule has 3 rings (SSSR count). The van der Waals surface area contributed by atoms with Crippen LogP contribution in [-0.2, 0) is 11.2 Å². The van der Waals surface area contributed by atoms with Crippen molar-refractivity contribution in [1.29, 1.82) is 5.41 Å². The molecule has 0 aliphatic carbocycles. The normalized spacial score (nSPS) is 11.8. The van der Waals surface area contributed by atoms with Crippen LogP contribution in [0.2, 0.25) is 0 Å². The number of fused-ring (bicyclic) bond motifs is 1. The number of ketones is 1. The van der Waals surface area contributed by atoms with Gasteiger partial charge in [-0.25, -0.2) is 4.98 Å². The molecule has 3 aromatic heterocycles. The summed E-state index contributed by atoms with van der Waals surface area (Å²) in [6.07, 6.45) is 4.15. The summed E-state index contributed by atoms with van der Waals surface area (Å²) < 4.78 is 0. The van der Waals surface area contributed by atoms with E-state index in [0.29, 0.717) is 34.7 Å². The lowest BCUT2D eigenvalue weighted by atomic mass is 10.0. The number of aromatic nitrogens is 3. The summed E-state index contributed by atoms with van der Waals surface area (Å²) in [6.45, 7) is 5.93. The lowest BCUT2D eigenvalue weighted by Gasteiger charge is -2.05. The summed E-state index contributed by atoms with van der Waals surface area (Å²) in [6, 6.07) is 7.33. The van der Waals surface area contributed by atoms with Crippen molar-refractivity contribution in [1.82, 2.24) is 20.3 Å². The molecular formula is C23H26N6O2. The van der Waals surface area contributed by atoms with Crippen LogP contribution in [0.5, 0.6) is 0 Å². The highest BCUT2D eigenvalue weighted by molar-refractivity contribution is 6.45. The monoisotopic (exact) mass is 418 g/mol. The zero-order chi connectivity index (χ0) is 22.5. The number of carbonyl (C=O) groups excluding carboxylic acids is 2. The maximum Gasteiger partial charge on any atom is 0.269 e. The molecular weight excluding hydrogens is 392 g/mol. The van der Waals surface area contributed by atoms with Gasteiger partial charge < -0.3 is 16.0 Å². The van der Waals surface area contributed by atoms with E-state index in [0.717, 1.165) is 23.1 Å². The molecule has 5 N–H and O–H groups in total. The fourth-order valence-corrected chi connectivity index (χ4v) is 3.04. The smallest absolute Gasteiger partial charge is 0.269 e. The Morgan fingerprint density at radius 3 is 2.68 bits per heavy atom. The van der Waals surface area contributed by atoms with E-state index in [4.69, 9.17) is 11.1 Å². The lowest BCUT2D eigenvalue weighted by Crippen LogP contribution is -2.24. The highest BCUT2D eigenvalue weighted by atomic mass is 16.1. The Balaban J connectivity index is 1.83. The van der Waals surface area contributed by atoms with E-state index in [1.807, 2.05) is 25.1 Å². The van der Waals surface area contributed by atoms with Crippen molar-refractivity contribution in [2.24, 2.45) is 5.73 Å². The van der Waals surface area contributed by atoms with E-state index in [1.54, 1.807) is 32.3 Å². The standard InChI is InChI=1S/C23H26N6O2/c1-4-6-27-23(31)19-10-16(5-7-26-19)18-11-17-8-15(12-28-22(17)29-18)9-20(30)21(25)13(2)14(3)24/h5,7-8,10-12,25H,4,6,9,24H2,1-3H3,(H,27,31)(H,28,29)/b14-13-,25-21?. The summed E-state index contributed by atoms with van der Waals surface area (Å²) in [5, 5.41) is 11.7. The van der Waals surface area contributed by atoms with Crippen LogP contribution in [0.25, 0.3) is 22.3 Å². The molecule has 0 aliphatic heterocycles. The number of hydrogen-bond donors (Lipinski definition) is 4. The molecule has 0 fully saturated rings. The van der Waals surface area contributed by atoms with Gasteiger partial charge in [-0.1, -0.05) is 6.92 Å². The number of carbonyl (C=O) groups is 2. The molecule has 3 heterocycles. The minimum Gasteiger partial charge on any atom is -0.402 e. The molecule has 31 heavy (non-hydrogen) atoms. The molecule has 0 saturated heterocycles. The Labute approximate surface area is 180 Å². The SMILES string of the molecule is CCCNC(=O)c1cc(-c2cc3cc(CC(=O)C(=N)/C(C)=C(/C)N)cnc3[nH]2)ccn1. The molecule has 8 heteroatoms. The number of allylic oxidation sites excluding steroid dienone is 2. The largest absolute Gasteiger partial charge is 0.402 e. The molecule has 0 saturated carbocycles. The maximum atomic E-state index is 12.4. The van der Waals surface area contributed by atoms with Crippen LogP contribution in [0.1, 0.15) is 43.2 Å². The van der Waals surface area contributed by atoms with Gasteiger partial charge in [0.25, 0.3) is 5.91 Å². The minimum absolute atomic E-state index is 0.0733. The Hall–Kier alpha value is -3.81. The fourth-order valence-electron chi connectivity index (χ4n) is 3.04. The molecule has 0 aromatic carbocycles. The molecule has 0 spiro atoms. The van der Waals surface area contributed by atoms with Crippen molar-refractivity contribution in [3.05, 3.63) is 59.2 Å². The van der Waals surface area contributed by atoms with E-state index >= 15 is 0 Å². The number of pyridine rings is 2. The Morgan fingerprint density at radius 1 is 1.19 bits per heavy atom. The average molecular weight is 419 g/mol. The summed E-state index contributed by atoms with van der Waals surface area (Å²) in [5.41, 5.74) is 9.90. The van der Waals surface area contributed by atoms with Crippen LogP contribution in [0, 0.1) is 5.41 Å². The van der Waals surface area contributed by atoms with Crippen molar-refractivity contribution in [3.63, 3.8) is 0 Å². The first-order chi connectivity index (χ1) is 14.8. The third-order valence-corrected chi connectivity index (χ3v) is 4.98. The Morgan fingerprint density at radius 2 is 1.97 bits per heavy atom. The number of hydrogen-bond acceptors (Lipinski definition) is 6. The van der Waals surface area contributed by atoms with E-state index in [1.165, 1.54) is 0 Å². The van der Waals surface area contributed by atoms with Crippen molar-refractivity contribution < 1.29 is 9.59 Å². The average Bonchev–Trinajstić information content (AvgIpc) is 3.19. The van der Waals surface area contributed by atoms with Crippen LogP contribution in [0.3, 0.4) is 0 Å². The van der Waals surface area contributed by atoms with Gasteiger partial charge in [-0.15, -0.1) is 0 Å². The predicted octanol–water partition coefficient (Wildman–Crippen LogP) is 3.15.